The number of methoxy groups -OCH3 is 2. The van der Waals surface area contributed by atoms with Crippen LogP contribution in [0.4, 0.5) is 13.2 Å². The molecule has 29 heavy (non-hydrogen) atoms. The monoisotopic (exact) mass is 428 g/mol. The lowest BCUT2D eigenvalue weighted by molar-refractivity contribution is -0.0847. The summed E-state index contributed by atoms with van der Waals surface area (Å²) in [6, 6.07) is 8.38. The molecule has 2 heterocycles. The van der Waals surface area contributed by atoms with Crippen LogP contribution in [0.2, 0.25) is 0 Å². The van der Waals surface area contributed by atoms with E-state index in [-0.39, 0.29) is 30.0 Å². The first-order valence-electron chi connectivity index (χ1n) is 8.42. The highest BCUT2D eigenvalue weighted by molar-refractivity contribution is 8.03. The number of hydrogen-bond acceptors (Lipinski definition) is 8. The first kappa shape index (κ1) is 21.1. The lowest BCUT2D eigenvalue weighted by Crippen LogP contribution is -2.34. The van der Waals surface area contributed by atoms with E-state index in [1.165, 1.54) is 32.1 Å². The Hall–Kier alpha value is -2.66. The topological polar surface area (TPSA) is 82.7 Å². The Morgan fingerprint density at radius 2 is 1.76 bits per heavy atom. The molecule has 11 heteroatoms. The van der Waals surface area contributed by atoms with Gasteiger partial charge in [-0.05, 0) is 13.0 Å². The summed E-state index contributed by atoms with van der Waals surface area (Å²) in [6.45, 7) is 1.53. The molecule has 1 aromatic carbocycles. The third-order valence-corrected chi connectivity index (χ3v) is 5.41. The Bertz CT molecular complexity index is 901. The number of nitrogens with zero attached hydrogens (tertiary/aromatic N) is 3. The van der Waals surface area contributed by atoms with Crippen LogP contribution >= 0.6 is 11.8 Å². The van der Waals surface area contributed by atoms with Gasteiger partial charge in [0.2, 0.25) is 11.8 Å². The summed E-state index contributed by atoms with van der Waals surface area (Å²) in [5, 5.41) is 0. The molecule has 0 radical (unpaired) electrons. The second-order valence-corrected chi connectivity index (χ2v) is 7.12. The summed E-state index contributed by atoms with van der Waals surface area (Å²) < 4.78 is 55.5. The largest absolute Gasteiger partial charge is 0.481 e. The van der Waals surface area contributed by atoms with Gasteiger partial charge in [-0.15, -0.1) is 0 Å². The van der Waals surface area contributed by atoms with E-state index in [0.29, 0.717) is 23.1 Å². The summed E-state index contributed by atoms with van der Waals surface area (Å²) in [7, 11) is 2.89. The lowest BCUT2D eigenvalue weighted by atomic mass is 10.2. The van der Waals surface area contributed by atoms with Crippen LogP contribution in [0.1, 0.15) is 12.5 Å². The zero-order chi connectivity index (χ0) is 21.2. The molecular weight excluding hydrogens is 409 g/mol. The maximum absolute atomic E-state index is 13.2. The van der Waals surface area contributed by atoms with Gasteiger partial charge in [0.05, 0.1) is 20.3 Å². The molecule has 0 aliphatic carbocycles. The Morgan fingerprint density at radius 1 is 1.14 bits per heavy atom. The molecule has 156 valence electrons. The Kier molecular flexibility index (Phi) is 6.08. The summed E-state index contributed by atoms with van der Waals surface area (Å²) in [5.74, 6) is 0.875. The van der Waals surface area contributed by atoms with Crippen molar-refractivity contribution >= 4 is 11.8 Å². The molecule has 0 saturated heterocycles. The zero-order valence-electron chi connectivity index (χ0n) is 15.9. The second-order valence-electron chi connectivity index (χ2n) is 5.99. The van der Waals surface area contributed by atoms with Crippen molar-refractivity contribution in [1.82, 2.24) is 14.9 Å². The molecule has 1 aliphatic rings. The highest BCUT2D eigenvalue weighted by Crippen LogP contribution is 2.46. The van der Waals surface area contributed by atoms with Crippen molar-refractivity contribution in [3.63, 3.8) is 0 Å². The number of benzene rings is 1. The molecular formula is C18H19F3N4O3S. The molecule has 2 N–H and O–H groups in total. The third-order valence-electron chi connectivity index (χ3n) is 4.15. The minimum atomic E-state index is -4.44. The fourth-order valence-electron chi connectivity index (χ4n) is 2.73. The molecule has 1 aliphatic heterocycles. The maximum Gasteiger partial charge on any atom is 0.424 e. The summed E-state index contributed by atoms with van der Waals surface area (Å²) in [6.07, 6.45) is -4.44. The van der Waals surface area contributed by atoms with E-state index < -0.39 is 16.6 Å². The van der Waals surface area contributed by atoms with Crippen molar-refractivity contribution in [3.05, 3.63) is 46.5 Å². The SMILES string of the molecule is COc1cc(OC)nc(Oc2ccccc2CN2C(C)=C(C(F)(F)F)SC2N)n1. The Balaban J connectivity index is 1.88. The minimum absolute atomic E-state index is 0.0167. The van der Waals surface area contributed by atoms with Crippen molar-refractivity contribution in [1.29, 1.82) is 0 Å². The van der Waals surface area contributed by atoms with Crippen molar-refractivity contribution in [2.24, 2.45) is 5.73 Å². The molecule has 0 bridgehead atoms. The van der Waals surface area contributed by atoms with Gasteiger partial charge in [0, 0.05) is 17.8 Å². The predicted octanol–water partition coefficient (Wildman–Crippen LogP) is 3.87. The van der Waals surface area contributed by atoms with Crippen LogP contribution in [0.5, 0.6) is 23.5 Å². The van der Waals surface area contributed by atoms with E-state index in [4.69, 9.17) is 19.9 Å². The fourth-order valence-corrected chi connectivity index (χ4v) is 3.75. The molecule has 0 amide bonds. The predicted molar refractivity (Wildman–Crippen MR) is 102 cm³/mol. The summed E-state index contributed by atoms with van der Waals surface area (Å²) in [5.41, 5.74) is 5.77. The van der Waals surface area contributed by atoms with Crippen molar-refractivity contribution in [2.75, 3.05) is 14.2 Å². The van der Waals surface area contributed by atoms with E-state index >= 15 is 0 Å². The number of aromatic nitrogens is 2. The number of nitrogens with two attached hydrogens (primary N) is 1. The summed E-state index contributed by atoms with van der Waals surface area (Å²) in [4.78, 5) is 9.00. The smallest absolute Gasteiger partial charge is 0.424 e. The number of halogens is 3. The number of thioether (sulfide) groups is 1. The second kappa shape index (κ2) is 8.37. The molecule has 7 nitrogen and oxygen atoms in total. The number of ether oxygens (including phenoxy) is 3. The van der Waals surface area contributed by atoms with Gasteiger partial charge >= 0.3 is 12.2 Å². The number of rotatable bonds is 6. The van der Waals surface area contributed by atoms with Gasteiger partial charge in [0.1, 0.15) is 16.2 Å². The van der Waals surface area contributed by atoms with E-state index in [9.17, 15) is 13.2 Å². The van der Waals surface area contributed by atoms with Gasteiger partial charge in [0.15, 0.2) is 0 Å². The molecule has 1 aromatic heterocycles. The normalized spacial score (nSPS) is 16.9. The van der Waals surface area contributed by atoms with Gasteiger partial charge in [-0.25, -0.2) is 0 Å². The highest BCUT2D eigenvalue weighted by atomic mass is 32.2. The maximum atomic E-state index is 13.2. The van der Waals surface area contributed by atoms with Crippen LogP contribution in [0.3, 0.4) is 0 Å². The van der Waals surface area contributed by atoms with Crippen LogP contribution in [0.15, 0.2) is 40.9 Å². The molecule has 3 rings (SSSR count). The summed E-state index contributed by atoms with van der Waals surface area (Å²) >= 11 is 0.587. The van der Waals surface area contributed by atoms with Gasteiger partial charge in [-0.2, -0.15) is 23.1 Å². The van der Waals surface area contributed by atoms with E-state index in [1.807, 2.05) is 0 Å². The number of para-hydroxylation sites is 1. The van der Waals surface area contributed by atoms with Crippen LogP contribution < -0.4 is 19.9 Å². The highest BCUT2D eigenvalue weighted by Gasteiger charge is 2.43. The van der Waals surface area contributed by atoms with Crippen molar-refractivity contribution in [3.8, 4) is 23.5 Å². The first-order chi connectivity index (χ1) is 13.7. The molecule has 1 atom stereocenters. The standard InChI is InChI=1S/C18H19F3N4O3S/c1-10-15(18(19,20)21)29-16(22)25(10)9-11-6-4-5-7-12(11)28-17-23-13(26-2)8-14(24-17)27-3/h4-8,16H,9,22H2,1-3H3. The van der Waals surface area contributed by atoms with E-state index in [2.05, 4.69) is 9.97 Å². The third kappa shape index (κ3) is 4.67. The van der Waals surface area contributed by atoms with E-state index in [1.54, 1.807) is 24.3 Å². The van der Waals surface area contributed by atoms with Gasteiger partial charge in [-0.3, -0.25) is 0 Å². The van der Waals surface area contributed by atoms with Crippen molar-refractivity contribution in [2.45, 2.75) is 25.1 Å². The molecule has 0 fully saturated rings. The molecule has 0 saturated carbocycles. The van der Waals surface area contributed by atoms with Gasteiger partial charge < -0.3 is 24.8 Å². The number of allylic oxidation sites excluding steroid dienone is 2. The fraction of sp³-hybridized carbons (Fsp3) is 0.333. The lowest BCUT2D eigenvalue weighted by Gasteiger charge is -2.25. The first-order valence-corrected chi connectivity index (χ1v) is 9.30. The van der Waals surface area contributed by atoms with E-state index in [0.717, 1.165) is 0 Å². The minimum Gasteiger partial charge on any atom is -0.481 e. The van der Waals surface area contributed by atoms with Gasteiger partial charge in [-0.1, -0.05) is 30.0 Å². The Labute approximate surface area is 169 Å². The van der Waals surface area contributed by atoms with Crippen molar-refractivity contribution < 1.29 is 27.4 Å². The molecule has 1 unspecified atom stereocenters. The quantitative estimate of drug-likeness (QED) is 0.743. The average molecular weight is 428 g/mol. The average Bonchev–Trinajstić information content (AvgIpc) is 2.97. The van der Waals surface area contributed by atoms with Crippen LogP contribution in [-0.4, -0.2) is 40.8 Å². The van der Waals surface area contributed by atoms with Crippen LogP contribution in [-0.2, 0) is 6.54 Å². The number of alkyl halides is 3. The molecule has 2 aromatic rings. The Morgan fingerprint density at radius 3 is 2.31 bits per heavy atom. The zero-order valence-corrected chi connectivity index (χ0v) is 16.7. The van der Waals surface area contributed by atoms with Gasteiger partial charge in [0.25, 0.3) is 0 Å². The molecule has 0 spiro atoms. The number of hydrogen-bond donors (Lipinski definition) is 1. The van der Waals surface area contributed by atoms with Crippen LogP contribution in [0.25, 0.3) is 0 Å². The van der Waals surface area contributed by atoms with Crippen LogP contribution in [0, 0.1) is 0 Å².